The summed E-state index contributed by atoms with van der Waals surface area (Å²) in [7, 11) is 0. The van der Waals surface area contributed by atoms with E-state index in [1.165, 1.54) is 5.56 Å². The quantitative estimate of drug-likeness (QED) is 0.632. The van der Waals surface area contributed by atoms with Crippen LogP contribution in [0.2, 0.25) is 0 Å². The predicted octanol–water partition coefficient (Wildman–Crippen LogP) is 2.43. The van der Waals surface area contributed by atoms with E-state index in [-0.39, 0.29) is 11.8 Å². The normalized spacial score (nSPS) is 20.1. The molecular weight excluding hydrogens is 442 g/mol. The van der Waals surface area contributed by atoms with Crippen LogP contribution in [0.15, 0.2) is 18.3 Å². The molecule has 0 saturated carbocycles. The fourth-order valence-electron chi connectivity index (χ4n) is 5.53. The first-order chi connectivity index (χ1) is 17.0. The zero-order chi connectivity index (χ0) is 24.5. The molecule has 5 heterocycles. The van der Waals surface area contributed by atoms with Gasteiger partial charge in [-0.25, -0.2) is 4.98 Å². The lowest BCUT2D eigenvalue weighted by Gasteiger charge is -2.35. The summed E-state index contributed by atoms with van der Waals surface area (Å²) in [5.74, 6) is 1.61. The van der Waals surface area contributed by atoms with E-state index in [1.54, 1.807) is 6.92 Å². The number of hydrogen-bond donors (Lipinski definition) is 0. The number of pyridine rings is 1. The second-order valence-electron chi connectivity index (χ2n) is 9.85. The third kappa shape index (κ3) is 4.56. The molecule has 0 radical (unpaired) electrons. The summed E-state index contributed by atoms with van der Waals surface area (Å²) < 4.78 is 0. The lowest BCUT2D eigenvalue weighted by molar-refractivity contribution is -0.129. The highest BCUT2D eigenvalue weighted by Crippen LogP contribution is 2.36. The first kappa shape index (κ1) is 23.5. The predicted molar refractivity (Wildman–Crippen MR) is 135 cm³/mol. The van der Waals surface area contributed by atoms with Crippen LogP contribution in [0.3, 0.4) is 0 Å². The lowest BCUT2D eigenvalue weighted by Crippen LogP contribution is -2.48. The average molecular weight is 478 g/mol. The van der Waals surface area contributed by atoms with Gasteiger partial charge in [-0.3, -0.25) is 14.6 Å². The number of rotatable bonds is 6. The van der Waals surface area contributed by atoms with E-state index in [1.807, 2.05) is 22.1 Å². The third-order valence-electron chi connectivity index (χ3n) is 7.51. The number of hydrogen-bond acceptors (Lipinski definition) is 7. The van der Waals surface area contributed by atoms with Crippen LogP contribution in [0.25, 0.3) is 0 Å². The van der Waals surface area contributed by atoms with Gasteiger partial charge in [-0.05, 0) is 37.8 Å². The summed E-state index contributed by atoms with van der Waals surface area (Å²) in [6.45, 7) is 10.6. The molecule has 0 spiro atoms. The molecule has 0 bridgehead atoms. The fraction of sp³-hybridized carbons (Fsp3) is 0.577. The largest absolute Gasteiger partial charge is 0.353 e. The third-order valence-corrected chi connectivity index (χ3v) is 7.51. The van der Waals surface area contributed by atoms with E-state index >= 15 is 0 Å². The zero-order valence-corrected chi connectivity index (χ0v) is 21.0. The molecule has 0 aromatic carbocycles. The Balaban J connectivity index is 1.48. The molecule has 35 heavy (non-hydrogen) atoms. The highest BCUT2D eigenvalue weighted by Gasteiger charge is 2.37. The Hall–Kier alpha value is -3.23. The Bertz CT molecular complexity index is 1110. The van der Waals surface area contributed by atoms with Crippen molar-refractivity contribution in [2.75, 3.05) is 49.1 Å². The van der Waals surface area contributed by atoms with E-state index in [4.69, 9.17) is 9.97 Å². The average Bonchev–Trinajstić information content (AvgIpc) is 3.45. The van der Waals surface area contributed by atoms with Gasteiger partial charge in [0.15, 0.2) is 0 Å². The Morgan fingerprint density at radius 2 is 1.94 bits per heavy atom. The van der Waals surface area contributed by atoms with Crippen LogP contribution in [-0.4, -0.2) is 81.9 Å². The molecule has 9 nitrogen and oxygen atoms in total. The minimum atomic E-state index is 0.00504. The van der Waals surface area contributed by atoms with Crippen molar-refractivity contribution < 1.29 is 9.59 Å². The fourth-order valence-corrected chi connectivity index (χ4v) is 5.53. The number of aromatic nitrogens is 3. The van der Waals surface area contributed by atoms with E-state index in [9.17, 15) is 9.59 Å². The summed E-state index contributed by atoms with van der Waals surface area (Å²) in [6, 6.07) is 4.39. The minimum absolute atomic E-state index is 0.00504. The molecule has 1 unspecified atom stereocenters. The van der Waals surface area contributed by atoms with Gasteiger partial charge in [0.25, 0.3) is 5.91 Å². The highest BCUT2D eigenvalue weighted by atomic mass is 16.2. The van der Waals surface area contributed by atoms with Gasteiger partial charge >= 0.3 is 0 Å². The molecule has 2 fully saturated rings. The summed E-state index contributed by atoms with van der Waals surface area (Å²) >= 11 is 0. The van der Waals surface area contributed by atoms with Crippen LogP contribution in [0.4, 0.5) is 11.8 Å². The van der Waals surface area contributed by atoms with Crippen molar-refractivity contribution in [3.63, 3.8) is 0 Å². The first-order valence-electron chi connectivity index (χ1n) is 12.8. The summed E-state index contributed by atoms with van der Waals surface area (Å²) in [5, 5.41) is 0. The number of aryl methyl sites for hydroxylation is 1. The van der Waals surface area contributed by atoms with Gasteiger partial charge in [0.05, 0.1) is 6.54 Å². The molecule has 2 aromatic heterocycles. The van der Waals surface area contributed by atoms with Gasteiger partial charge in [-0.15, -0.1) is 0 Å². The van der Waals surface area contributed by atoms with Crippen molar-refractivity contribution in [2.45, 2.75) is 59.0 Å². The molecule has 3 aliphatic rings. The molecule has 2 aromatic rings. The number of piperazine rings is 1. The van der Waals surface area contributed by atoms with Gasteiger partial charge in [-0.2, -0.15) is 4.98 Å². The molecule has 0 N–H and O–H groups in total. The van der Waals surface area contributed by atoms with Crippen molar-refractivity contribution in [1.29, 1.82) is 0 Å². The van der Waals surface area contributed by atoms with Crippen molar-refractivity contribution in [3.8, 4) is 0 Å². The number of amides is 2. The Morgan fingerprint density at radius 1 is 1.14 bits per heavy atom. The molecule has 2 amide bonds. The van der Waals surface area contributed by atoms with E-state index in [2.05, 4.69) is 34.7 Å². The first-order valence-corrected chi connectivity index (χ1v) is 12.8. The lowest BCUT2D eigenvalue weighted by atomic mass is 10.0. The number of fused-ring (bicyclic) bond motifs is 1. The van der Waals surface area contributed by atoms with E-state index in [0.29, 0.717) is 50.4 Å². The molecule has 0 aliphatic carbocycles. The summed E-state index contributed by atoms with van der Waals surface area (Å²) in [6.07, 6.45) is 5.81. The Labute approximate surface area is 207 Å². The minimum Gasteiger partial charge on any atom is -0.353 e. The van der Waals surface area contributed by atoms with Crippen molar-refractivity contribution >= 4 is 23.6 Å². The maximum atomic E-state index is 13.3. The van der Waals surface area contributed by atoms with Gasteiger partial charge in [0.2, 0.25) is 11.9 Å². The van der Waals surface area contributed by atoms with Crippen LogP contribution in [0.5, 0.6) is 0 Å². The van der Waals surface area contributed by atoms with Crippen LogP contribution in [-0.2, 0) is 17.8 Å². The van der Waals surface area contributed by atoms with Crippen LogP contribution in [0.1, 0.15) is 60.4 Å². The van der Waals surface area contributed by atoms with Crippen molar-refractivity contribution in [3.05, 3.63) is 40.8 Å². The van der Waals surface area contributed by atoms with Gasteiger partial charge < -0.3 is 19.6 Å². The Morgan fingerprint density at radius 3 is 2.66 bits per heavy atom. The van der Waals surface area contributed by atoms with Gasteiger partial charge in [0, 0.05) is 76.1 Å². The van der Waals surface area contributed by atoms with Gasteiger partial charge in [0.1, 0.15) is 11.5 Å². The molecule has 2 saturated heterocycles. The van der Waals surface area contributed by atoms with Crippen molar-refractivity contribution in [1.82, 2.24) is 24.8 Å². The van der Waals surface area contributed by atoms with Crippen LogP contribution < -0.4 is 9.80 Å². The number of carbonyl (C=O) groups is 2. The van der Waals surface area contributed by atoms with E-state index < -0.39 is 0 Å². The molecule has 5 rings (SSSR count). The van der Waals surface area contributed by atoms with Gasteiger partial charge in [-0.1, -0.05) is 13.0 Å². The summed E-state index contributed by atoms with van der Waals surface area (Å²) in [4.78, 5) is 47.9. The molecule has 186 valence electrons. The van der Waals surface area contributed by atoms with Crippen LogP contribution >= 0.6 is 0 Å². The SMILES string of the molecule is CCCN1Cc2c(nc(N3CCN(C(C)=O)CC3)nc2N2CCCC2Cc2ncccc2C)C1=O. The molecule has 1 atom stereocenters. The number of anilines is 2. The standard InChI is InChI=1S/C26H35N7O2/c1-4-10-32-17-21-23(25(32)35)28-26(31-14-12-30(13-15-31)19(3)34)29-24(21)33-11-6-8-20(33)16-22-18(2)7-5-9-27-22/h5,7,9,20H,4,6,8,10-17H2,1-3H3. The second kappa shape index (κ2) is 9.79. The smallest absolute Gasteiger partial charge is 0.273 e. The Kier molecular flexibility index (Phi) is 6.58. The summed E-state index contributed by atoms with van der Waals surface area (Å²) in [5.41, 5.74) is 3.84. The van der Waals surface area contributed by atoms with Crippen LogP contribution in [0, 0.1) is 6.92 Å². The second-order valence-corrected chi connectivity index (χ2v) is 9.85. The number of carbonyl (C=O) groups excluding carboxylic acids is 2. The topological polar surface area (TPSA) is 85.8 Å². The zero-order valence-electron chi connectivity index (χ0n) is 21.0. The molecule has 3 aliphatic heterocycles. The molecule has 9 heteroatoms. The highest BCUT2D eigenvalue weighted by molar-refractivity contribution is 5.98. The maximum absolute atomic E-state index is 13.3. The maximum Gasteiger partial charge on any atom is 0.273 e. The monoisotopic (exact) mass is 477 g/mol. The van der Waals surface area contributed by atoms with E-state index in [0.717, 1.165) is 55.8 Å². The molecular formula is C26H35N7O2. The van der Waals surface area contributed by atoms with Crippen molar-refractivity contribution in [2.24, 2.45) is 0 Å². The number of nitrogens with zero attached hydrogens (tertiary/aromatic N) is 7.